The molecule has 1 aromatic carbocycles. The van der Waals surface area contributed by atoms with Crippen LogP contribution >= 0.6 is 0 Å². The van der Waals surface area contributed by atoms with Crippen LogP contribution in [0.4, 0.5) is 10.1 Å². The summed E-state index contributed by atoms with van der Waals surface area (Å²) in [6, 6.07) is 4.77. The number of ether oxygens (including phenoxy) is 1. The van der Waals surface area contributed by atoms with Crippen molar-refractivity contribution in [3.8, 4) is 0 Å². The van der Waals surface area contributed by atoms with Gasteiger partial charge in [0.15, 0.2) is 0 Å². The van der Waals surface area contributed by atoms with Crippen molar-refractivity contribution in [1.29, 1.82) is 0 Å². The SMILES string of the molecule is Cc1ccc(N2CC(C(=O)NCC(C)(C)N3CCOCC3)CC2=O)c(F)c1. The Morgan fingerprint density at radius 1 is 1.33 bits per heavy atom. The second-order valence-corrected chi connectivity index (χ2v) is 7.99. The van der Waals surface area contributed by atoms with E-state index >= 15 is 0 Å². The topological polar surface area (TPSA) is 61.9 Å². The van der Waals surface area contributed by atoms with E-state index in [4.69, 9.17) is 4.74 Å². The summed E-state index contributed by atoms with van der Waals surface area (Å²) in [6.45, 7) is 9.76. The minimum absolute atomic E-state index is 0.108. The van der Waals surface area contributed by atoms with E-state index in [0.717, 1.165) is 18.7 Å². The van der Waals surface area contributed by atoms with Crippen LogP contribution in [0.2, 0.25) is 0 Å². The van der Waals surface area contributed by atoms with Crippen molar-refractivity contribution in [2.75, 3.05) is 44.3 Å². The summed E-state index contributed by atoms with van der Waals surface area (Å²) in [5.74, 6) is -1.26. The Morgan fingerprint density at radius 2 is 2.04 bits per heavy atom. The van der Waals surface area contributed by atoms with Gasteiger partial charge in [-0.3, -0.25) is 14.5 Å². The van der Waals surface area contributed by atoms with Crippen LogP contribution in [0.25, 0.3) is 0 Å². The Balaban J connectivity index is 1.59. The maximum absolute atomic E-state index is 14.2. The third-order valence-corrected chi connectivity index (χ3v) is 5.45. The number of hydrogen-bond acceptors (Lipinski definition) is 4. The van der Waals surface area contributed by atoms with E-state index in [1.165, 1.54) is 11.0 Å². The first-order valence-corrected chi connectivity index (χ1v) is 9.45. The molecule has 0 spiro atoms. The highest BCUT2D eigenvalue weighted by Gasteiger charge is 2.37. The molecule has 0 radical (unpaired) electrons. The molecule has 1 N–H and O–H groups in total. The molecule has 0 bridgehead atoms. The molecule has 2 aliphatic heterocycles. The van der Waals surface area contributed by atoms with Gasteiger partial charge in [0.1, 0.15) is 5.82 Å². The third kappa shape index (κ3) is 4.47. The van der Waals surface area contributed by atoms with E-state index in [9.17, 15) is 14.0 Å². The Morgan fingerprint density at radius 3 is 2.70 bits per heavy atom. The van der Waals surface area contributed by atoms with Crippen LogP contribution in [-0.4, -0.2) is 61.6 Å². The van der Waals surface area contributed by atoms with Gasteiger partial charge < -0.3 is 15.0 Å². The van der Waals surface area contributed by atoms with Gasteiger partial charge in [0.2, 0.25) is 11.8 Å². The molecule has 1 atom stereocenters. The molecule has 1 unspecified atom stereocenters. The Hall–Kier alpha value is -1.99. The highest BCUT2D eigenvalue weighted by molar-refractivity contribution is 6.00. The van der Waals surface area contributed by atoms with E-state index in [-0.39, 0.29) is 36.0 Å². The number of morpholine rings is 1. The molecule has 27 heavy (non-hydrogen) atoms. The minimum Gasteiger partial charge on any atom is -0.379 e. The second kappa shape index (κ2) is 7.94. The first-order valence-electron chi connectivity index (χ1n) is 9.45. The van der Waals surface area contributed by atoms with Gasteiger partial charge in [0.25, 0.3) is 0 Å². The fourth-order valence-corrected chi connectivity index (χ4v) is 3.68. The molecule has 2 fully saturated rings. The van der Waals surface area contributed by atoms with E-state index < -0.39 is 11.7 Å². The zero-order chi connectivity index (χ0) is 19.6. The number of carbonyl (C=O) groups excluding carboxylic acids is 2. The summed E-state index contributed by atoms with van der Waals surface area (Å²) in [5, 5.41) is 2.98. The molecule has 0 aliphatic carbocycles. The number of benzene rings is 1. The lowest BCUT2D eigenvalue weighted by Crippen LogP contribution is -2.55. The number of carbonyl (C=O) groups is 2. The van der Waals surface area contributed by atoms with Crippen LogP contribution in [0.1, 0.15) is 25.8 Å². The zero-order valence-corrected chi connectivity index (χ0v) is 16.3. The van der Waals surface area contributed by atoms with Crippen molar-refractivity contribution in [2.45, 2.75) is 32.7 Å². The van der Waals surface area contributed by atoms with Crippen molar-refractivity contribution >= 4 is 17.5 Å². The molecule has 6 nitrogen and oxygen atoms in total. The van der Waals surface area contributed by atoms with E-state index in [2.05, 4.69) is 24.1 Å². The van der Waals surface area contributed by atoms with E-state index in [1.807, 2.05) is 0 Å². The van der Waals surface area contributed by atoms with Crippen LogP contribution in [0.15, 0.2) is 18.2 Å². The Bertz CT molecular complexity index is 716. The van der Waals surface area contributed by atoms with Crippen LogP contribution < -0.4 is 10.2 Å². The average Bonchev–Trinajstić information content (AvgIpc) is 3.02. The van der Waals surface area contributed by atoms with Crippen molar-refractivity contribution in [1.82, 2.24) is 10.2 Å². The first-order chi connectivity index (χ1) is 12.8. The van der Waals surface area contributed by atoms with Crippen molar-refractivity contribution in [3.63, 3.8) is 0 Å². The highest BCUT2D eigenvalue weighted by Crippen LogP contribution is 2.28. The molecule has 2 heterocycles. The predicted octanol–water partition coefficient (Wildman–Crippen LogP) is 1.71. The summed E-state index contributed by atoms with van der Waals surface area (Å²) in [5.41, 5.74) is 0.849. The molecule has 0 saturated carbocycles. The molecule has 3 rings (SSSR count). The van der Waals surface area contributed by atoms with Gasteiger partial charge in [-0.25, -0.2) is 4.39 Å². The maximum Gasteiger partial charge on any atom is 0.227 e. The molecule has 2 aliphatic rings. The summed E-state index contributed by atoms with van der Waals surface area (Å²) in [4.78, 5) is 28.6. The van der Waals surface area contributed by atoms with Gasteiger partial charge in [0.05, 0.1) is 24.8 Å². The molecular formula is C20H28FN3O3. The monoisotopic (exact) mass is 377 g/mol. The molecule has 2 saturated heterocycles. The van der Waals surface area contributed by atoms with Gasteiger partial charge >= 0.3 is 0 Å². The minimum atomic E-state index is -0.460. The molecule has 1 aromatic rings. The van der Waals surface area contributed by atoms with Crippen LogP contribution in [-0.2, 0) is 14.3 Å². The van der Waals surface area contributed by atoms with E-state index in [1.54, 1.807) is 19.1 Å². The smallest absolute Gasteiger partial charge is 0.227 e. The third-order valence-electron chi connectivity index (χ3n) is 5.45. The van der Waals surface area contributed by atoms with Crippen LogP contribution in [0, 0.1) is 18.7 Å². The van der Waals surface area contributed by atoms with Gasteiger partial charge in [0, 0.05) is 38.1 Å². The fourth-order valence-electron chi connectivity index (χ4n) is 3.68. The summed E-state index contributed by atoms with van der Waals surface area (Å²) < 4.78 is 19.6. The van der Waals surface area contributed by atoms with Crippen molar-refractivity contribution in [2.24, 2.45) is 5.92 Å². The number of nitrogens with zero attached hydrogens (tertiary/aromatic N) is 2. The highest BCUT2D eigenvalue weighted by atomic mass is 19.1. The number of anilines is 1. The summed E-state index contributed by atoms with van der Waals surface area (Å²) in [6.07, 6.45) is 0.108. The van der Waals surface area contributed by atoms with Crippen LogP contribution in [0.5, 0.6) is 0 Å². The quantitative estimate of drug-likeness (QED) is 0.849. The molecular weight excluding hydrogens is 349 g/mol. The second-order valence-electron chi connectivity index (χ2n) is 7.99. The number of nitrogens with one attached hydrogen (secondary N) is 1. The standard InChI is InChI=1S/C20H28FN3O3/c1-14-4-5-17(16(21)10-14)24-12-15(11-18(24)25)19(26)22-13-20(2,3)23-6-8-27-9-7-23/h4-5,10,15H,6-9,11-13H2,1-3H3,(H,22,26). The largest absolute Gasteiger partial charge is 0.379 e. The number of amides is 2. The lowest BCUT2D eigenvalue weighted by atomic mass is 10.0. The molecule has 2 amide bonds. The summed E-state index contributed by atoms with van der Waals surface area (Å²) in [7, 11) is 0. The zero-order valence-electron chi connectivity index (χ0n) is 16.3. The van der Waals surface area contributed by atoms with Gasteiger partial charge in [-0.2, -0.15) is 0 Å². The lowest BCUT2D eigenvalue weighted by Gasteiger charge is -2.41. The first kappa shape index (κ1) is 19.8. The fraction of sp³-hybridized carbons (Fsp3) is 0.600. The van der Waals surface area contributed by atoms with E-state index in [0.29, 0.717) is 19.8 Å². The number of aryl methyl sites for hydroxylation is 1. The number of hydrogen-bond donors (Lipinski definition) is 1. The Kier molecular flexibility index (Phi) is 5.81. The van der Waals surface area contributed by atoms with Gasteiger partial charge in [-0.1, -0.05) is 6.07 Å². The van der Waals surface area contributed by atoms with Gasteiger partial charge in [-0.15, -0.1) is 0 Å². The molecule has 0 aromatic heterocycles. The van der Waals surface area contributed by atoms with Crippen molar-refractivity contribution in [3.05, 3.63) is 29.6 Å². The van der Waals surface area contributed by atoms with Gasteiger partial charge in [-0.05, 0) is 38.5 Å². The summed E-state index contributed by atoms with van der Waals surface area (Å²) >= 11 is 0. The molecule has 7 heteroatoms. The Labute approximate surface area is 159 Å². The lowest BCUT2D eigenvalue weighted by molar-refractivity contribution is -0.127. The number of rotatable bonds is 5. The average molecular weight is 377 g/mol. The maximum atomic E-state index is 14.2. The normalized spacial score (nSPS) is 21.6. The van der Waals surface area contributed by atoms with Crippen molar-refractivity contribution < 1.29 is 18.7 Å². The van der Waals surface area contributed by atoms with Crippen LogP contribution in [0.3, 0.4) is 0 Å². The number of halogens is 1. The molecule has 148 valence electrons. The predicted molar refractivity (Wildman–Crippen MR) is 101 cm³/mol.